The van der Waals surface area contributed by atoms with E-state index in [9.17, 15) is 0 Å². The van der Waals surface area contributed by atoms with Gasteiger partial charge in [0.15, 0.2) is 5.17 Å². The number of thioether (sulfide) groups is 1. The van der Waals surface area contributed by atoms with E-state index in [0.717, 1.165) is 16.2 Å². The van der Waals surface area contributed by atoms with Gasteiger partial charge in [0.25, 0.3) is 0 Å². The van der Waals surface area contributed by atoms with Crippen LogP contribution >= 0.6 is 27.7 Å². The molecule has 1 spiro atoms. The highest BCUT2D eigenvalue weighted by molar-refractivity contribution is 9.10. The number of amidine groups is 1. The van der Waals surface area contributed by atoms with E-state index in [1.54, 1.807) is 0 Å². The molecule has 1 aliphatic heterocycles. The van der Waals surface area contributed by atoms with Gasteiger partial charge in [-0.1, -0.05) is 59.1 Å². The summed E-state index contributed by atoms with van der Waals surface area (Å²) in [5, 5.41) is 4.83. The molecule has 0 bridgehead atoms. The van der Waals surface area contributed by atoms with Crippen LogP contribution in [0.2, 0.25) is 0 Å². The van der Waals surface area contributed by atoms with E-state index in [1.165, 1.54) is 43.4 Å². The highest BCUT2D eigenvalue weighted by Gasteiger charge is 2.37. The van der Waals surface area contributed by atoms with E-state index in [2.05, 4.69) is 45.5 Å². The number of hydrogen-bond acceptors (Lipinski definition) is 2. The van der Waals surface area contributed by atoms with Crippen molar-refractivity contribution in [3.63, 3.8) is 0 Å². The Morgan fingerprint density at radius 3 is 2.89 bits per heavy atom. The molecule has 1 aromatic rings. The first-order valence-electron chi connectivity index (χ1n) is 6.96. The second kappa shape index (κ2) is 5.88. The molecule has 0 amide bonds. The Labute approximate surface area is 127 Å². The third-order valence-electron chi connectivity index (χ3n) is 3.96. The van der Waals surface area contributed by atoms with Crippen molar-refractivity contribution >= 4 is 32.9 Å². The summed E-state index contributed by atoms with van der Waals surface area (Å²) in [6.45, 7) is 0.769. The largest absolute Gasteiger partial charge is 0.359 e. The SMILES string of the molecule is Brc1cccc(CN=C2NC3(CCCCC3)CS2)c1. The number of benzene rings is 1. The van der Waals surface area contributed by atoms with Crippen molar-refractivity contribution in [1.82, 2.24) is 5.32 Å². The highest BCUT2D eigenvalue weighted by Crippen LogP contribution is 2.36. The molecule has 1 saturated heterocycles. The van der Waals surface area contributed by atoms with Crippen LogP contribution < -0.4 is 5.32 Å². The van der Waals surface area contributed by atoms with Gasteiger partial charge in [-0.3, -0.25) is 4.99 Å². The van der Waals surface area contributed by atoms with E-state index in [4.69, 9.17) is 4.99 Å². The molecular formula is C15H19BrN2S. The first kappa shape index (κ1) is 13.5. The number of halogens is 1. The van der Waals surface area contributed by atoms with E-state index < -0.39 is 0 Å². The number of nitrogens with one attached hydrogen (secondary N) is 1. The molecule has 0 unspecified atom stereocenters. The van der Waals surface area contributed by atoms with Crippen LogP contribution in [-0.2, 0) is 6.54 Å². The lowest BCUT2D eigenvalue weighted by Gasteiger charge is -2.32. The lowest BCUT2D eigenvalue weighted by atomic mass is 9.83. The Balaban J connectivity index is 1.62. The molecule has 19 heavy (non-hydrogen) atoms. The molecule has 1 aliphatic carbocycles. The van der Waals surface area contributed by atoms with Gasteiger partial charge in [-0.15, -0.1) is 0 Å². The first-order chi connectivity index (χ1) is 9.26. The van der Waals surface area contributed by atoms with Crippen molar-refractivity contribution in [1.29, 1.82) is 0 Å². The fraction of sp³-hybridized carbons (Fsp3) is 0.533. The smallest absolute Gasteiger partial charge is 0.157 e. The predicted octanol–water partition coefficient (Wildman–Crippen LogP) is 4.34. The van der Waals surface area contributed by atoms with Gasteiger partial charge in [-0.05, 0) is 30.5 Å². The maximum absolute atomic E-state index is 4.73. The van der Waals surface area contributed by atoms with Crippen LogP contribution in [0.25, 0.3) is 0 Å². The van der Waals surface area contributed by atoms with Gasteiger partial charge in [0.2, 0.25) is 0 Å². The van der Waals surface area contributed by atoms with Gasteiger partial charge in [-0.25, -0.2) is 0 Å². The van der Waals surface area contributed by atoms with Crippen LogP contribution in [0.3, 0.4) is 0 Å². The molecule has 2 fully saturated rings. The van der Waals surface area contributed by atoms with Gasteiger partial charge < -0.3 is 5.32 Å². The summed E-state index contributed by atoms with van der Waals surface area (Å²) in [6, 6.07) is 8.39. The lowest BCUT2D eigenvalue weighted by molar-refractivity contribution is 0.303. The molecule has 0 atom stereocenters. The van der Waals surface area contributed by atoms with Crippen LogP contribution in [0.4, 0.5) is 0 Å². The second-order valence-corrected chi connectivity index (χ2v) is 7.39. The zero-order chi connectivity index (χ0) is 13.1. The number of aliphatic imine (C=N–C) groups is 1. The monoisotopic (exact) mass is 338 g/mol. The summed E-state index contributed by atoms with van der Waals surface area (Å²) in [5.74, 6) is 1.20. The Bertz CT molecular complexity index is 481. The van der Waals surface area contributed by atoms with Gasteiger partial charge in [0.05, 0.1) is 6.54 Å². The average Bonchev–Trinajstić information content (AvgIpc) is 2.80. The third-order valence-corrected chi connectivity index (χ3v) is 5.66. The normalized spacial score (nSPS) is 23.7. The molecule has 0 aromatic heterocycles. The van der Waals surface area contributed by atoms with E-state index in [-0.39, 0.29) is 0 Å². The summed E-state index contributed by atoms with van der Waals surface area (Å²) in [5.41, 5.74) is 1.62. The summed E-state index contributed by atoms with van der Waals surface area (Å²) >= 11 is 5.40. The molecule has 1 heterocycles. The molecule has 2 nitrogen and oxygen atoms in total. The van der Waals surface area contributed by atoms with Crippen LogP contribution in [0.1, 0.15) is 37.7 Å². The molecule has 102 valence electrons. The minimum absolute atomic E-state index is 0.360. The Hall–Kier alpha value is -0.480. The van der Waals surface area contributed by atoms with Crippen LogP contribution in [0.5, 0.6) is 0 Å². The van der Waals surface area contributed by atoms with Gasteiger partial charge in [-0.2, -0.15) is 0 Å². The zero-order valence-corrected chi connectivity index (χ0v) is 13.4. The molecule has 4 heteroatoms. The molecule has 1 aromatic carbocycles. The van der Waals surface area contributed by atoms with Crippen molar-refractivity contribution in [2.75, 3.05) is 5.75 Å². The zero-order valence-electron chi connectivity index (χ0n) is 11.0. The summed E-state index contributed by atoms with van der Waals surface area (Å²) < 4.78 is 1.13. The lowest BCUT2D eigenvalue weighted by Crippen LogP contribution is -2.45. The van der Waals surface area contributed by atoms with E-state index in [0.29, 0.717) is 5.54 Å². The molecule has 0 radical (unpaired) electrons. The molecule has 1 N–H and O–H groups in total. The fourth-order valence-electron chi connectivity index (χ4n) is 2.89. The average molecular weight is 339 g/mol. The Morgan fingerprint density at radius 2 is 2.11 bits per heavy atom. The Kier molecular flexibility index (Phi) is 4.18. The minimum atomic E-state index is 0.360. The Morgan fingerprint density at radius 1 is 1.26 bits per heavy atom. The number of hydrogen-bond donors (Lipinski definition) is 1. The van der Waals surface area contributed by atoms with Crippen molar-refractivity contribution in [2.24, 2.45) is 4.99 Å². The number of nitrogens with zero attached hydrogens (tertiary/aromatic N) is 1. The molecule has 1 saturated carbocycles. The first-order valence-corrected chi connectivity index (χ1v) is 8.74. The maximum Gasteiger partial charge on any atom is 0.157 e. The van der Waals surface area contributed by atoms with E-state index >= 15 is 0 Å². The van der Waals surface area contributed by atoms with Gasteiger partial charge in [0.1, 0.15) is 0 Å². The van der Waals surface area contributed by atoms with Crippen molar-refractivity contribution in [3.05, 3.63) is 34.3 Å². The molecular weight excluding hydrogens is 320 g/mol. The number of rotatable bonds is 2. The standard InChI is InChI=1S/C15H19BrN2S/c16-13-6-4-5-12(9-13)10-17-14-18-15(11-19-14)7-2-1-3-8-15/h4-6,9H,1-3,7-8,10-11H2,(H,17,18). The fourth-order valence-corrected chi connectivity index (χ4v) is 4.55. The summed E-state index contributed by atoms with van der Waals surface area (Å²) in [6.07, 6.45) is 6.77. The van der Waals surface area contributed by atoms with E-state index in [1.807, 2.05) is 11.8 Å². The van der Waals surface area contributed by atoms with Crippen molar-refractivity contribution in [3.8, 4) is 0 Å². The van der Waals surface area contributed by atoms with Crippen molar-refractivity contribution in [2.45, 2.75) is 44.2 Å². The highest BCUT2D eigenvalue weighted by atomic mass is 79.9. The van der Waals surface area contributed by atoms with Gasteiger partial charge in [0, 0.05) is 15.8 Å². The molecule has 3 rings (SSSR count). The maximum atomic E-state index is 4.73. The third kappa shape index (κ3) is 3.34. The van der Waals surface area contributed by atoms with Crippen LogP contribution in [0.15, 0.2) is 33.7 Å². The second-order valence-electron chi connectivity index (χ2n) is 5.51. The van der Waals surface area contributed by atoms with Crippen LogP contribution in [0, 0.1) is 0 Å². The quantitative estimate of drug-likeness (QED) is 0.867. The summed E-state index contributed by atoms with van der Waals surface area (Å²) in [7, 11) is 0. The van der Waals surface area contributed by atoms with Crippen molar-refractivity contribution < 1.29 is 0 Å². The summed E-state index contributed by atoms with van der Waals surface area (Å²) in [4.78, 5) is 4.73. The predicted molar refractivity (Wildman–Crippen MR) is 86.7 cm³/mol. The van der Waals surface area contributed by atoms with Gasteiger partial charge >= 0.3 is 0 Å². The minimum Gasteiger partial charge on any atom is -0.359 e. The molecule has 2 aliphatic rings. The van der Waals surface area contributed by atoms with Crippen LogP contribution in [-0.4, -0.2) is 16.5 Å². The topological polar surface area (TPSA) is 24.4 Å².